The summed E-state index contributed by atoms with van der Waals surface area (Å²) >= 11 is 0. The lowest BCUT2D eigenvalue weighted by Crippen LogP contribution is -2.07. The summed E-state index contributed by atoms with van der Waals surface area (Å²) in [6.45, 7) is 6.69. The van der Waals surface area contributed by atoms with E-state index in [9.17, 15) is 0 Å². The van der Waals surface area contributed by atoms with E-state index in [4.69, 9.17) is 9.47 Å². The van der Waals surface area contributed by atoms with Crippen molar-refractivity contribution in [3.8, 4) is 11.8 Å². The minimum Gasteiger partial charge on any atom is -0.381 e. The molecule has 0 amide bonds. The third kappa shape index (κ3) is 15.0. The summed E-state index contributed by atoms with van der Waals surface area (Å²) in [4.78, 5) is 0. The van der Waals surface area contributed by atoms with Crippen molar-refractivity contribution in [2.24, 2.45) is 0 Å². The molecule has 0 aromatic heterocycles. The zero-order valence-electron chi connectivity index (χ0n) is 17.0. The van der Waals surface area contributed by atoms with Gasteiger partial charge >= 0.3 is 0 Å². The van der Waals surface area contributed by atoms with Crippen LogP contribution in [0.1, 0.15) is 83.6 Å². The molecule has 0 radical (unpaired) electrons. The first-order chi connectivity index (χ1) is 12.8. The van der Waals surface area contributed by atoms with Gasteiger partial charge in [-0.3, -0.25) is 0 Å². The second kappa shape index (κ2) is 17.1. The minimum atomic E-state index is 0.331. The van der Waals surface area contributed by atoms with Crippen LogP contribution in [0.4, 0.5) is 0 Å². The Labute approximate surface area is 161 Å². The van der Waals surface area contributed by atoms with Gasteiger partial charge in [-0.15, -0.1) is 0 Å². The van der Waals surface area contributed by atoms with Crippen LogP contribution in [0, 0.1) is 11.8 Å². The second-order valence-corrected chi connectivity index (χ2v) is 7.13. The smallest absolute Gasteiger partial charge is 0.0518 e. The predicted octanol–water partition coefficient (Wildman–Crippen LogP) is 6.38. The molecule has 26 heavy (non-hydrogen) atoms. The minimum absolute atomic E-state index is 0.331. The van der Waals surface area contributed by atoms with E-state index in [-0.39, 0.29) is 0 Å². The number of unbranched alkanes of at least 4 members (excludes halogenated alkanes) is 8. The average Bonchev–Trinajstić information content (AvgIpc) is 2.65. The maximum Gasteiger partial charge on any atom is 0.0518 e. The first kappa shape index (κ1) is 22.7. The molecule has 0 N–H and O–H groups in total. The van der Waals surface area contributed by atoms with E-state index in [1.807, 2.05) is 18.2 Å². The summed E-state index contributed by atoms with van der Waals surface area (Å²) in [5.41, 5.74) is 1.13. The van der Waals surface area contributed by atoms with Crippen molar-refractivity contribution in [3.05, 3.63) is 35.9 Å². The van der Waals surface area contributed by atoms with E-state index in [1.165, 1.54) is 51.4 Å². The molecule has 0 heterocycles. The van der Waals surface area contributed by atoms with Gasteiger partial charge in [-0.2, -0.15) is 0 Å². The number of hydrogen-bond donors (Lipinski definition) is 0. The maximum atomic E-state index is 5.64. The lowest BCUT2D eigenvalue weighted by molar-refractivity contribution is 0.0507. The van der Waals surface area contributed by atoms with E-state index in [0.717, 1.165) is 38.2 Å². The van der Waals surface area contributed by atoms with Gasteiger partial charge in [0.1, 0.15) is 0 Å². The van der Waals surface area contributed by atoms with Crippen molar-refractivity contribution < 1.29 is 9.47 Å². The average molecular weight is 359 g/mol. The number of rotatable bonds is 15. The van der Waals surface area contributed by atoms with Crippen LogP contribution in [-0.4, -0.2) is 25.9 Å². The van der Waals surface area contributed by atoms with Gasteiger partial charge < -0.3 is 9.47 Å². The summed E-state index contributed by atoms with van der Waals surface area (Å²) in [5, 5.41) is 0. The number of benzene rings is 1. The Bertz CT molecular complexity index is 470. The van der Waals surface area contributed by atoms with Crippen LogP contribution in [0.2, 0.25) is 0 Å². The molecule has 0 atom stereocenters. The summed E-state index contributed by atoms with van der Waals surface area (Å²) in [5.74, 6) is 6.51. The molecular formula is C24H38O2. The normalized spacial score (nSPS) is 10.7. The molecule has 2 nitrogen and oxygen atoms in total. The molecule has 0 spiro atoms. The summed E-state index contributed by atoms with van der Waals surface area (Å²) in [7, 11) is 0. The van der Waals surface area contributed by atoms with Gasteiger partial charge in [0.05, 0.1) is 6.10 Å². The van der Waals surface area contributed by atoms with Crippen molar-refractivity contribution in [2.75, 3.05) is 19.8 Å². The van der Waals surface area contributed by atoms with Crippen LogP contribution in [0.5, 0.6) is 0 Å². The highest BCUT2D eigenvalue weighted by Gasteiger charge is 1.95. The third-order valence-corrected chi connectivity index (χ3v) is 4.23. The summed E-state index contributed by atoms with van der Waals surface area (Å²) in [6.07, 6.45) is 12.8. The topological polar surface area (TPSA) is 18.5 Å². The van der Waals surface area contributed by atoms with Crippen molar-refractivity contribution in [1.29, 1.82) is 0 Å². The first-order valence-electron chi connectivity index (χ1n) is 10.5. The SMILES string of the molecule is CC(C)OCCCOCCCCCCCCCCC#Cc1ccccc1. The highest BCUT2D eigenvalue weighted by Crippen LogP contribution is 2.09. The van der Waals surface area contributed by atoms with Crippen molar-refractivity contribution >= 4 is 0 Å². The van der Waals surface area contributed by atoms with Crippen molar-refractivity contribution in [3.63, 3.8) is 0 Å². The Morgan fingerprint density at radius 3 is 2.04 bits per heavy atom. The van der Waals surface area contributed by atoms with Gasteiger partial charge in [0, 0.05) is 31.8 Å². The van der Waals surface area contributed by atoms with Crippen LogP contribution in [-0.2, 0) is 9.47 Å². The van der Waals surface area contributed by atoms with E-state index < -0.39 is 0 Å². The first-order valence-corrected chi connectivity index (χ1v) is 10.5. The third-order valence-electron chi connectivity index (χ3n) is 4.23. The Hall–Kier alpha value is -1.30. The Morgan fingerprint density at radius 1 is 0.731 bits per heavy atom. The van der Waals surface area contributed by atoms with Crippen molar-refractivity contribution in [2.45, 2.75) is 84.2 Å². The molecule has 1 aromatic rings. The molecule has 0 aliphatic heterocycles. The van der Waals surface area contributed by atoms with Gasteiger partial charge in [-0.05, 0) is 45.2 Å². The Balaban J connectivity index is 1.75. The predicted molar refractivity (Wildman–Crippen MR) is 111 cm³/mol. The van der Waals surface area contributed by atoms with Gasteiger partial charge in [-0.25, -0.2) is 0 Å². The Morgan fingerprint density at radius 2 is 1.35 bits per heavy atom. The lowest BCUT2D eigenvalue weighted by Gasteiger charge is -2.07. The Kier molecular flexibility index (Phi) is 15.0. The molecule has 0 fully saturated rings. The molecule has 1 rings (SSSR count). The van der Waals surface area contributed by atoms with Gasteiger partial charge in [-0.1, -0.05) is 68.6 Å². The fourth-order valence-corrected chi connectivity index (χ4v) is 2.75. The highest BCUT2D eigenvalue weighted by molar-refractivity contribution is 5.33. The summed E-state index contributed by atoms with van der Waals surface area (Å²) < 4.78 is 11.1. The largest absolute Gasteiger partial charge is 0.381 e. The zero-order valence-corrected chi connectivity index (χ0v) is 17.0. The molecular weight excluding hydrogens is 320 g/mol. The fraction of sp³-hybridized carbons (Fsp3) is 0.667. The van der Waals surface area contributed by atoms with Gasteiger partial charge in [0.2, 0.25) is 0 Å². The molecule has 2 heteroatoms. The molecule has 0 aliphatic rings. The van der Waals surface area contributed by atoms with Crippen LogP contribution in [0.25, 0.3) is 0 Å². The number of ether oxygens (including phenoxy) is 2. The molecule has 0 aliphatic carbocycles. The van der Waals surface area contributed by atoms with E-state index in [2.05, 4.69) is 37.8 Å². The van der Waals surface area contributed by atoms with Crippen LogP contribution in [0.15, 0.2) is 30.3 Å². The van der Waals surface area contributed by atoms with Crippen molar-refractivity contribution in [1.82, 2.24) is 0 Å². The zero-order chi connectivity index (χ0) is 18.7. The standard InChI is InChI=1S/C24H38O2/c1-23(2)26-22-16-21-25-20-15-10-8-6-4-3-5-7-9-12-17-24-18-13-11-14-19-24/h11,13-14,18-19,23H,3-10,15-16,20-22H2,1-2H3. The van der Waals surface area contributed by atoms with E-state index in [0.29, 0.717) is 6.10 Å². The van der Waals surface area contributed by atoms with E-state index in [1.54, 1.807) is 0 Å². The van der Waals surface area contributed by atoms with E-state index >= 15 is 0 Å². The van der Waals surface area contributed by atoms with Crippen LogP contribution in [0.3, 0.4) is 0 Å². The molecule has 0 saturated carbocycles. The monoisotopic (exact) mass is 358 g/mol. The molecule has 1 aromatic carbocycles. The lowest BCUT2D eigenvalue weighted by atomic mass is 10.1. The van der Waals surface area contributed by atoms with Gasteiger partial charge in [0.15, 0.2) is 0 Å². The quantitative estimate of drug-likeness (QED) is 0.267. The van der Waals surface area contributed by atoms with Crippen LogP contribution >= 0.6 is 0 Å². The van der Waals surface area contributed by atoms with Crippen LogP contribution < -0.4 is 0 Å². The molecule has 0 bridgehead atoms. The maximum absolute atomic E-state index is 5.64. The molecule has 0 unspecified atom stereocenters. The highest BCUT2D eigenvalue weighted by atomic mass is 16.5. The summed E-state index contributed by atoms with van der Waals surface area (Å²) in [6, 6.07) is 10.2. The fourth-order valence-electron chi connectivity index (χ4n) is 2.75. The number of hydrogen-bond acceptors (Lipinski definition) is 2. The van der Waals surface area contributed by atoms with Gasteiger partial charge in [0.25, 0.3) is 0 Å². The molecule has 146 valence electrons. The molecule has 0 saturated heterocycles. The second-order valence-electron chi connectivity index (χ2n) is 7.13.